The van der Waals surface area contributed by atoms with E-state index in [9.17, 15) is 18.3 Å². The van der Waals surface area contributed by atoms with Gasteiger partial charge in [-0.3, -0.25) is 0 Å². The molecule has 0 fully saturated rings. The molecule has 1 aromatic rings. The summed E-state index contributed by atoms with van der Waals surface area (Å²) < 4.78 is 39.5. The summed E-state index contributed by atoms with van der Waals surface area (Å²) in [4.78, 5) is 0. The summed E-state index contributed by atoms with van der Waals surface area (Å²) in [5.74, 6) is -0.389. The van der Waals surface area contributed by atoms with E-state index in [1.807, 2.05) is 0 Å². The summed E-state index contributed by atoms with van der Waals surface area (Å²) >= 11 is 5.74. The predicted molar refractivity (Wildman–Crippen MR) is 53.4 cm³/mol. The van der Waals surface area contributed by atoms with Gasteiger partial charge in [0.2, 0.25) is 0 Å². The number of alkyl halides is 3. The van der Waals surface area contributed by atoms with Crippen LogP contribution in [0.2, 0.25) is 5.02 Å². The van der Waals surface area contributed by atoms with Gasteiger partial charge in [0.1, 0.15) is 5.75 Å². The zero-order valence-electron chi connectivity index (χ0n) is 8.38. The van der Waals surface area contributed by atoms with Crippen LogP contribution < -0.4 is 4.74 Å². The van der Waals surface area contributed by atoms with Crippen LogP contribution in [0.15, 0.2) is 18.2 Å². The summed E-state index contributed by atoms with van der Waals surface area (Å²) in [5, 5.41) is 9.72. The number of hydrogen-bond donors (Lipinski definition) is 1. The number of hydrogen-bond acceptors (Lipinski definition) is 2. The lowest BCUT2D eigenvalue weighted by Gasteiger charge is -2.14. The fraction of sp³-hybridized carbons (Fsp3) is 0.400. The molecule has 6 heteroatoms. The summed E-state index contributed by atoms with van der Waals surface area (Å²) in [5.41, 5.74) is 0.228. The highest BCUT2D eigenvalue weighted by Gasteiger charge is 2.31. The van der Waals surface area contributed by atoms with Gasteiger partial charge in [-0.25, -0.2) is 0 Å². The Morgan fingerprint density at radius 1 is 1.44 bits per heavy atom. The van der Waals surface area contributed by atoms with E-state index < -0.39 is 12.5 Å². The van der Waals surface area contributed by atoms with Crippen molar-refractivity contribution in [1.29, 1.82) is 0 Å². The lowest BCUT2D eigenvalue weighted by atomic mass is 10.1. The SMILES string of the molecule is CCC(O)c1cc(OC(F)(F)F)ccc1Cl. The van der Waals surface area contributed by atoms with Gasteiger partial charge in [-0.15, -0.1) is 13.2 Å². The maximum absolute atomic E-state index is 11.9. The van der Waals surface area contributed by atoms with E-state index in [1.54, 1.807) is 6.92 Å². The number of aliphatic hydroxyl groups is 1. The molecule has 2 nitrogen and oxygen atoms in total. The molecule has 1 atom stereocenters. The minimum atomic E-state index is -4.75. The maximum atomic E-state index is 11.9. The zero-order valence-corrected chi connectivity index (χ0v) is 9.14. The van der Waals surface area contributed by atoms with Crippen molar-refractivity contribution in [1.82, 2.24) is 0 Å². The van der Waals surface area contributed by atoms with E-state index >= 15 is 0 Å². The van der Waals surface area contributed by atoms with Gasteiger partial charge in [0.15, 0.2) is 0 Å². The van der Waals surface area contributed by atoms with E-state index in [-0.39, 0.29) is 16.3 Å². The molecular formula is C10H10ClF3O2. The van der Waals surface area contributed by atoms with Crippen molar-refractivity contribution in [2.24, 2.45) is 0 Å². The Hall–Kier alpha value is -0.940. The van der Waals surface area contributed by atoms with Crippen molar-refractivity contribution >= 4 is 11.6 Å². The molecule has 0 aliphatic heterocycles. The Morgan fingerprint density at radius 2 is 2.06 bits per heavy atom. The van der Waals surface area contributed by atoms with Crippen molar-refractivity contribution in [2.75, 3.05) is 0 Å². The molecule has 0 saturated carbocycles. The summed E-state index contributed by atoms with van der Waals surface area (Å²) in [6.07, 6.45) is -5.29. The maximum Gasteiger partial charge on any atom is 0.573 e. The van der Waals surface area contributed by atoms with Gasteiger partial charge in [-0.1, -0.05) is 18.5 Å². The van der Waals surface area contributed by atoms with Crippen molar-refractivity contribution in [2.45, 2.75) is 25.8 Å². The lowest BCUT2D eigenvalue weighted by molar-refractivity contribution is -0.274. The van der Waals surface area contributed by atoms with Crippen LogP contribution in [0, 0.1) is 0 Å². The third-order valence-electron chi connectivity index (χ3n) is 1.95. The number of benzene rings is 1. The Balaban J connectivity index is 2.98. The van der Waals surface area contributed by atoms with Gasteiger partial charge in [0, 0.05) is 10.6 Å². The Labute approximate surface area is 95.6 Å². The molecule has 0 radical (unpaired) electrons. The second-order valence-electron chi connectivity index (χ2n) is 3.16. The highest BCUT2D eigenvalue weighted by Crippen LogP contribution is 2.31. The molecule has 0 bridgehead atoms. The Bertz CT molecular complexity index is 366. The molecule has 0 aliphatic rings. The molecule has 0 aliphatic carbocycles. The first-order valence-electron chi connectivity index (χ1n) is 4.56. The zero-order chi connectivity index (χ0) is 12.3. The standard InChI is InChI=1S/C10H10ClF3O2/c1-2-9(15)7-5-6(3-4-8(7)11)16-10(12,13)14/h3-5,9,15H,2H2,1H3. The average Bonchev–Trinajstić information content (AvgIpc) is 2.18. The van der Waals surface area contributed by atoms with Crippen molar-refractivity contribution in [3.05, 3.63) is 28.8 Å². The van der Waals surface area contributed by atoms with Crippen LogP contribution in [0.25, 0.3) is 0 Å². The fourth-order valence-corrected chi connectivity index (χ4v) is 1.44. The second kappa shape index (κ2) is 4.93. The van der Waals surface area contributed by atoms with Crippen molar-refractivity contribution < 1.29 is 23.0 Å². The number of ether oxygens (including phenoxy) is 1. The molecule has 1 N–H and O–H groups in total. The average molecular weight is 255 g/mol. The third kappa shape index (κ3) is 3.57. The quantitative estimate of drug-likeness (QED) is 0.892. The summed E-state index contributed by atoms with van der Waals surface area (Å²) in [6, 6.07) is 3.45. The van der Waals surface area contributed by atoms with Gasteiger partial charge >= 0.3 is 6.36 Å². The van der Waals surface area contributed by atoms with Crippen molar-refractivity contribution in [3.8, 4) is 5.75 Å². The first-order chi connectivity index (χ1) is 7.33. The van der Waals surface area contributed by atoms with E-state index in [1.165, 1.54) is 6.07 Å². The van der Waals surface area contributed by atoms with Crippen LogP contribution >= 0.6 is 11.6 Å². The molecule has 1 aromatic carbocycles. The fourth-order valence-electron chi connectivity index (χ4n) is 1.19. The van der Waals surface area contributed by atoms with Crippen LogP contribution in [-0.2, 0) is 0 Å². The molecule has 16 heavy (non-hydrogen) atoms. The van der Waals surface area contributed by atoms with Crippen LogP contribution in [0.4, 0.5) is 13.2 Å². The van der Waals surface area contributed by atoms with Gasteiger partial charge in [-0.05, 0) is 24.6 Å². The first kappa shape index (κ1) is 13.1. The molecular weight excluding hydrogens is 245 g/mol. The van der Waals surface area contributed by atoms with Crippen LogP contribution in [0.5, 0.6) is 5.75 Å². The molecule has 1 unspecified atom stereocenters. The monoisotopic (exact) mass is 254 g/mol. The molecule has 90 valence electrons. The molecule has 0 amide bonds. The predicted octanol–water partition coefficient (Wildman–Crippen LogP) is 3.68. The first-order valence-corrected chi connectivity index (χ1v) is 4.94. The highest BCUT2D eigenvalue weighted by molar-refractivity contribution is 6.31. The molecule has 0 saturated heterocycles. The minimum Gasteiger partial charge on any atom is -0.406 e. The minimum absolute atomic E-state index is 0.212. The summed E-state index contributed by atoms with van der Waals surface area (Å²) in [6.45, 7) is 1.69. The topological polar surface area (TPSA) is 29.5 Å². The van der Waals surface area contributed by atoms with E-state index in [4.69, 9.17) is 11.6 Å². The number of halogens is 4. The van der Waals surface area contributed by atoms with Crippen LogP contribution in [0.3, 0.4) is 0 Å². The third-order valence-corrected chi connectivity index (χ3v) is 2.29. The van der Waals surface area contributed by atoms with Gasteiger partial charge < -0.3 is 9.84 Å². The highest BCUT2D eigenvalue weighted by atomic mass is 35.5. The van der Waals surface area contributed by atoms with Gasteiger partial charge in [-0.2, -0.15) is 0 Å². The Morgan fingerprint density at radius 3 is 2.56 bits per heavy atom. The molecule has 0 spiro atoms. The smallest absolute Gasteiger partial charge is 0.406 e. The number of aliphatic hydroxyl groups excluding tert-OH is 1. The molecule has 0 heterocycles. The Kier molecular flexibility index (Phi) is 4.04. The van der Waals surface area contributed by atoms with Crippen LogP contribution in [-0.4, -0.2) is 11.5 Å². The van der Waals surface area contributed by atoms with Crippen LogP contribution in [0.1, 0.15) is 25.0 Å². The molecule has 1 rings (SSSR count). The van der Waals surface area contributed by atoms with Crippen molar-refractivity contribution in [3.63, 3.8) is 0 Å². The summed E-state index contributed by atoms with van der Waals surface area (Å²) in [7, 11) is 0. The second-order valence-corrected chi connectivity index (χ2v) is 3.56. The lowest BCUT2D eigenvalue weighted by Crippen LogP contribution is -2.17. The van der Waals surface area contributed by atoms with Gasteiger partial charge in [0.25, 0.3) is 0 Å². The van der Waals surface area contributed by atoms with E-state index in [0.29, 0.717) is 6.42 Å². The number of rotatable bonds is 3. The van der Waals surface area contributed by atoms with E-state index in [2.05, 4.69) is 4.74 Å². The van der Waals surface area contributed by atoms with Gasteiger partial charge in [0.05, 0.1) is 6.10 Å². The normalized spacial score (nSPS) is 13.6. The van der Waals surface area contributed by atoms with E-state index in [0.717, 1.165) is 12.1 Å². The molecule has 0 aromatic heterocycles. The largest absolute Gasteiger partial charge is 0.573 e.